The second-order valence-electron chi connectivity index (χ2n) is 6.98. The molecule has 2 rings (SSSR count). The molecule has 0 amide bonds. The van der Waals surface area contributed by atoms with Crippen molar-refractivity contribution in [3.8, 4) is 0 Å². The average Bonchev–Trinajstić information content (AvgIpc) is 2.62. The molecular formula is C17H29N3O. The Kier molecular flexibility index (Phi) is 5.22. The number of nitrogens with zero attached hydrogens (tertiary/aromatic N) is 2. The van der Waals surface area contributed by atoms with Crippen molar-refractivity contribution < 1.29 is 4.74 Å². The number of ether oxygens (including phenoxy) is 1. The third-order valence-corrected chi connectivity index (χ3v) is 3.80. The Morgan fingerprint density at radius 2 is 2.14 bits per heavy atom. The molecule has 1 unspecified atom stereocenters. The molecule has 1 fully saturated rings. The molecule has 1 aliphatic heterocycles. The number of aromatic nitrogens is 1. The summed E-state index contributed by atoms with van der Waals surface area (Å²) < 4.78 is 5.75. The minimum absolute atomic E-state index is 0.0620. The number of anilines is 1. The van der Waals surface area contributed by atoms with E-state index in [1.165, 1.54) is 5.56 Å². The average molecular weight is 291 g/mol. The number of nitrogens with one attached hydrogen (secondary N) is 1. The van der Waals surface area contributed by atoms with E-state index in [0.29, 0.717) is 0 Å². The monoisotopic (exact) mass is 291 g/mol. The van der Waals surface area contributed by atoms with E-state index < -0.39 is 0 Å². The summed E-state index contributed by atoms with van der Waals surface area (Å²) in [4.78, 5) is 7.30. The van der Waals surface area contributed by atoms with Crippen LogP contribution in [0.2, 0.25) is 0 Å². The quantitative estimate of drug-likeness (QED) is 0.929. The van der Waals surface area contributed by atoms with E-state index in [-0.39, 0.29) is 11.5 Å². The van der Waals surface area contributed by atoms with Crippen molar-refractivity contribution in [2.24, 2.45) is 0 Å². The molecule has 0 spiro atoms. The van der Waals surface area contributed by atoms with Crippen LogP contribution in [0.3, 0.4) is 0 Å². The van der Waals surface area contributed by atoms with Gasteiger partial charge in [-0.1, -0.05) is 20.8 Å². The van der Waals surface area contributed by atoms with Crippen molar-refractivity contribution in [2.45, 2.75) is 52.2 Å². The van der Waals surface area contributed by atoms with Crippen LogP contribution in [0.1, 0.15) is 45.4 Å². The third kappa shape index (κ3) is 4.42. The van der Waals surface area contributed by atoms with Gasteiger partial charge in [0.05, 0.1) is 6.10 Å². The van der Waals surface area contributed by atoms with Gasteiger partial charge in [-0.15, -0.1) is 0 Å². The Morgan fingerprint density at radius 3 is 2.81 bits per heavy atom. The molecular weight excluding hydrogens is 262 g/mol. The summed E-state index contributed by atoms with van der Waals surface area (Å²) in [6.07, 6.45) is 1.33. The van der Waals surface area contributed by atoms with Gasteiger partial charge in [0.15, 0.2) is 0 Å². The molecule has 0 saturated carbocycles. The molecule has 0 radical (unpaired) electrons. The molecule has 0 aliphatic carbocycles. The van der Waals surface area contributed by atoms with Gasteiger partial charge in [0.25, 0.3) is 0 Å². The molecule has 4 nitrogen and oxygen atoms in total. The topological polar surface area (TPSA) is 37.4 Å². The van der Waals surface area contributed by atoms with Crippen LogP contribution in [0.25, 0.3) is 0 Å². The molecule has 4 heteroatoms. The highest BCUT2D eigenvalue weighted by Gasteiger charge is 2.21. The van der Waals surface area contributed by atoms with E-state index in [1.807, 2.05) is 7.05 Å². The summed E-state index contributed by atoms with van der Waals surface area (Å²) in [5, 5.41) is 3.24. The molecule has 1 aromatic heterocycles. The lowest BCUT2D eigenvalue weighted by molar-refractivity contribution is 0.0820. The third-order valence-electron chi connectivity index (χ3n) is 3.80. The van der Waals surface area contributed by atoms with Crippen molar-refractivity contribution in [2.75, 3.05) is 31.6 Å². The predicted molar refractivity (Wildman–Crippen MR) is 87.9 cm³/mol. The van der Waals surface area contributed by atoms with Crippen LogP contribution >= 0.6 is 0 Å². The highest BCUT2D eigenvalue weighted by Crippen LogP contribution is 2.26. The van der Waals surface area contributed by atoms with Gasteiger partial charge in [0, 0.05) is 37.4 Å². The van der Waals surface area contributed by atoms with E-state index in [1.54, 1.807) is 0 Å². The van der Waals surface area contributed by atoms with Gasteiger partial charge in [-0.3, -0.25) is 0 Å². The number of hydrogen-bond donors (Lipinski definition) is 1. The van der Waals surface area contributed by atoms with Gasteiger partial charge >= 0.3 is 0 Å². The summed E-state index contributed by atoms with van der Waals surface area (Å²) >= 11 is 0. The van der Waals surface area contributed by atoms with Gasteiger partial charge in [0.1, 0.15) is 5.82 Å². The second kappa shape index (κ2) is 6.75. The smallest absolute Gasteiger partial charge is 0.129 e. The molecule has 1 saturated heterocycles. The Bertz CT molecular complexity index is 468. The summed E-state index contributed by atoms with van der Waals surface area (Å²) in [7, 11) is 1.98. The van der Waals surface area contributed by atoms with Gasteiger partial charge in [-0.2, -0.15) is 0 Å². The fourth-order valence-corrected chi connectivity index (χ4v) is 2.63. The van der Waals surface area contributed by atoms with E-state index >= 15 is 0 Å². The fourth-order valence-electron chi connectivity index (χ4n) is 2.63. The van der Waals surface area contributed by atoms with Crippen LogP contribution in [0.15, 0.2) is 12.1 Å². The van der Waals surface area contributed by atoms with E-state index in [4.69, 9.17) is 9.72 Å². The van der Waals surface area contributed by atoms with Gasteiger partial charge in [-0.05, 0) is 38.1 Å². The lowest BCUT2D eigenvalue weighted by Crippen LogP contribution is -2.31. The highest BCUT2D eigenvalue weighted by molar-refractivity contribution is 5.44. The largest absolute Gasteiger partial charge is 0.377 e. The first-order valence-corrected chi connectivity index (χ1v) is 7.93. The summed E-state index contributed by atoms with van der Waals surface area (Å²) in [6, 6.07) is 4.43. The van der Waals surface area contributed by atoms with Gasteiger partial charge < -0.3 is 15.0 Å². The normalized spacial score (nSPS) is 20.4. The zero-order valence-corrected chi connectivity index (χ0v) is 14.1. The molecule has 0 bridgehead atoms. The molecule has 118 valence electrons. The van der Waals surface area contributed by atoms with Gasteiger partial charge in [-0.25, -0.2) is 4.98 Å². The maximum absolute atomic E-state index is 5.75. The van der Waals surface area contributed by atoms with Crippen molar-refractivity contribution in [1.29, 1.82) is 0 Å². The number of rotatable bonds is 3. The standard InChI is InChI=1S/C17H29N3O/c1-13-12-20(7-6-8-21-13)16-10-14(11-18-5)9-15(19-16)17(2,3)4/h9-10,13,18H,6-8,11-12H2,1-5H3. The van der Waals surface area contributed by atoms with Crippen LogP contribution in [-0.4, -0.2) is 37.8 Å². The van der Waals surface area contributed by atoms with Crippen molar-refractivity contribution >= 4 is 5.82 Å². The molecule has 21 heavy (non-hydrogen) atoms. The number of pyridine rings is 1. The van der Waals surface area contributed by atoms with Crippen LogP contribution in [0, 0.1) is 0 Å². The van der Waals surface area contributed by atoms with Crippen molar-refractivity contribution in [1.82, 2.24) is 10.3 Å². The number of hydrogen-bond acceptors (Lipinski definition) is 4. The van der Waals surface area contributed by atoms with E-state index in [0.717, 1.165) is 44.2 Å². The fraction of sp³-hybridized carbons (Fsp3) is 0.706. The maximum Gasteiger partial charge on any atom is 0.129 e. The molecule has 1 N–H and O–H groups in total. The highest BCUT2D eigenvalue weighted by atomic mass is 16.5. The summed E-state index contributed by atoms with van der Waals surface area (Å²) in [6.45, 7) is 12.5. The Morgan fingerprint density at radius 1 is 1.38 bits per heavy atom. The van der Waals surface area contributed by atoms with E-state index in [9.17, 15) is 0 Å². The predicted octanol–water partition coefficient (Wildman–Crippen LogP) is 2.71. The lowest BCUT2D eigenvalue weighted by atomic mass is 9.90. The molecule has 0 aromatic carbocycles. The Hall–Kier alpha value is -1.13. The summed E-state index contributed by atoms with van der Waals surface area (Å²) in [5.74, 6) is 1.09. The zero-order valence-electron chi connectivity index (χ0n) is 14.1. The zero-order chi connectivity index (χ0) is 15.5. The first-order chi connectivity index (χ1) is 9.90. The van der Waals surface area contributed by atoms with E-state index in [2.05, 4.69) is 50.0 Å². The second-order valence-corrected chi connectivity index (χ2v) is 6.98. The SMILES string of the molecule is CNCc1cc(N2CCCOC(C)C2)nc(C(C)(C)C)c1. The maximum atomic E-state index is 5.75. The Labute approximate surface area is 128 Å². The molecule has 1 aromatic rings. The Balaban J connectivity index is 2.34. The minimum atomic E-state index is 0.0620. The van der Waals surface area contributed by atoms with Crippen molar-refractivity contribution in [3.05, 3.63) is 23.4 Å². The molecule has 1 atom stereocenters. The first-order valence-electron chi connectivity index (χ1n) is 7.93. The van der Waals surface area contributed by atoms with Crippen LogP contribution in [-0.2, 0) is 16.7 Å². The van der Waals surface area contributed by atoms with Gasteiger partial charge in [0.2, 0.25) is 0 Å². The van der Waals surface area contributed by atoms with Crippen LogP contribution < -0.4 is 10.2 Å². The first kappa shape index (κ1) is 16.2. The lowest BCUT2D eigenvalue weighted by Gasteiger charge is -2.27. The van der Waals surface area contributed by atoms with Crippen LogP contribution in [0.4, 0.5) is 5.82 Å². The summed E-state index contributed by atoms with van der Waals surface area (Å²) in [5.41, 5.74) is 2.51. The minimum Gasteiger partial charge on any atom is -0.377 e. The van der Waals surface area contributed by atoms with Crippen LogP contribution in [0.5, 0.6) is 0 Å². The molecule has 2 heterocycles. The molecule has 1 aliphatic rings. The van der Waals surface area contributed by atoms with Crippen molar-refractivity contribution in [3.63, 3.8) is 0 Å².